The van der Waals surface area contributed by atoms with Crippen molar-refractivity contribution in [3.05, 3.63) is 45.4 Å². The van der Waals surface area contributed by atoms with Crippen LogP contribution in [-0.2, 0) is 4.79 Å². The molecule has 3 heterocycles. The van der Waals surface area contributed by atoms with E-state index in [2.05, 4.69) is 35.6 Å². The quantitative estimate of drug-likeness (QED) is 0.751. The minimum Gasteiger partial charge on any atom is -0.354 e. The predicted molar refractivity (Wildman–Crippen MR) is 114 cm³/mol. The lowest BCUT2D eigenvalue weighted by atomic mass is 9.92. The summed E-state index contributed by atoms with van der Waals surface area (Å²) in [5.74, 6) is 0.889. The minimum atomic E-state index is 0.0751. The fraction of sp³-hybridized carbons (Fsp3) is 0.545. The van der Waals surface area contributed by atoms with Crippen molar-refractivity contribution < 1.29 is 9.59 Å². The zero-order valence-electron chi connectivity index (χ0n) is 17.2. The third-order valence-corrected chi connectivity index (χ3v) is 6.53. The summed E-state index contributed by atoms with van der Waals surface area (Å²) in [6.45, 7) is 9.64. The van der Waals surface area contributed by atoms with Crippen LogP contribution >= 0.6 is 11.3 Å². The molecule has 2 aromatic heterocycles. The van der Waals surface area contributed by atoms with E-state index in [1.165, 1.54) is 4.88 Å². The Kier molecular flexibility index (Phi) is 6.60. The largest absolute Gasteiger partial charge is 0.354 e. The number of hydrogen-bond donors (Lipinski definition) is 2. The van der Waals surface area contributed by atoms with Crippen molar-refractivity contribution in [2.45, 2.75) is 53.0 Å². The smallest absolute Gasteiger partial charge is 0.270 e. The molecule has 2 N–H and O–H groups in total. The van der Waals surface area contributed by atoms with Crippen LogP contribution in [0.3, 0.4) is 0 Å². The van der Waals surface area contributed by atoms with Gasteiger partial charge in [-0.1, -0.05) is 19.9 Å². The van der Waals surface area contributed by atoms with Gasteiger partial charge in [0, 0.05) is 30.1 Å². The van der Waals surface area contributed by atoms with Crippen molar-refractivity contribution in [3.8, 4) is 0 Å². The van der Waals surface area contributed by atoms with Crippen molar-refractivity contribution in [1.82, 2.24) is 15.2 Å². The number of carbonyl (C=O) groups excluding carboxylic acids is 2. The monoisotopic (exact) mass is 401 g/mol. The van der Waals surface area contributed by atoms with Crippen LogP contribution in [0.25, 0.3) is 0 Å². The SMILES string of the molecule is Cc1cc(C)c(C(=O)N2CCC(CC(=O)NC(c3cccs3)C(C)C)CC2)[nH]1. The molecule has 0 bridgehead atoms. The van der Waals surface area contributed by atoms with Gasteiger partial charge >= 0.3 is 0 Å². The maximum Gasteiger partial charge on any atom is 0.270 e. The Labute approximate surface area is 171 Å². The fourth-order valence-electron chi connectivity index (χ4n) is 3.98. The molecule has 1 aliphatic rings. The Hall–Kier alpha value is -2.08. The van der Waals surface area contributed by atoms with Crippen LogP contribution in [0.4, 0.5) is 0 Å². The number of aryl methyl sites for hydroxylation is 2. The van der Waals surface area contributed by atoms with Crippen LogP contribution in [0, 0.1) is 25.7 Å². The van der Waals surface area contributed by atoms with Crippen LogP contribution < -0.4 is 5.32 Å². The van der Waals surface area contributed by atoms with Crippen LogP contribution in [0.15, 0.2) is 23.6 Å². The third-order valence-electron chi connectivity index (χ3n) is 5.57. The maximum atomic E-state index is 12.7. The van der Waals surface area contributed by atoms with Gasteiger partial charge in [-0.15, -0.1) is 11.3 Å². The van der Waals surface area contributed by atoms with Crippen molar-refractivity contribution >= 4 is 23.2 Å². The molecule has 0 aliphatic carbocycles. The molecule has 2 aromatic rings. The molecule has 1 unspecified atom stereocenters. The highest BCUT2D eigenvalue weighted by Gasteiger charge is 2.27. The predicted octanol–water partition coefficient (Wildman–Crippen LogP) is 4.45. The molecule has 1 fully saturated rings. The van der Waals surface area contributed by atoms with Gasteiger partial charge in [-0.25, -0.2) is 0 Å². The second kappa shape index (κ2) is 8.95. The van der Waals surface area contributed by atoms with Crippen molar-refractivity contribution in [2.24, 2.45) is 11.8 Å². The van der Waals surface area contributed by atoms with Crippen LogP contribution in [0.2, 0.25) is 0 Å². The number of nitrogens with zero attached hydrogens (tertiary/aromatic N) is 1. The molecule has 1 atom stereocenters. The number of nitrogens with one attached hydrogen (secondary N) is 2. The number of aromatic amines is 1. The number of amides is 2. The van der Waals surface area contributed by atoms with E-state index >= 15 is 0 Å². The molecule has 0 saturated carbocycles. The van der Waals surface area contributed by atoms with Gasteiger partial charge in [-0.3, -0.25) is 9.59 Å². The second-order valence-electron chi connectivity index (χ2n) is 8.25. The summed E-state index contributed by atoms with van der Waals surface area (Å²) >= 11 is 1.69. The normalized spacial score (nSPS) is 16.4. The summed E-state index contributed by atoms with van der Waals surface area (Å²) in [5, 5.41) is 5.27. The summed E-state index contributed by atoms with van der Waals surface area (Å²) < 4.78 is 0. The molecule has 0 aromatic carbocycles. The number of H-pyrrole nitrogens is 1. The summed E-state index contributed by atoms with van der Waals surface area (Å²) in [6, 6.07) is 6.20. The number of hydrogen-bond acceptors (Lipinski definition) is 3. The Morgan fingerprint density at radius 1 is 1.29 bits per heavy atom. The number of piperidine rings is 1. The molecule has 28 heavy (non-hydrogen) atoms. The molecule has 0 spiro atoms. The third kappa shape index (κ3) is 4.85. The van der Waals surface area contributed by atoms with Crippen molar-refractivity contribution in [2.75, 3.05) is 13.1 Å². The first-order chi connectivity index (χ1) is 13.3. The van der Waals surface area contributed by atoms with Gasteiger partial charge in [-0.2, -0.15) is 0 Å². The lowest BCUT2D eigenvalue weighted by Gasteiger charge is -2.32. The van der Waals surface area contributed by atoms with E-state index < -0.39 is 0 Å². The minimum absolute atomic E-state index is 0.0751. The average Bonchev–Trinajstić information content (AvgIpc) is 3.29. The van der Waals surface area contributed by atoms with Crippen molar-refractivity contribution in [1.29, 1.82) is 0 Å². The second-order valence-corrected chi connectivity index (χ2v) is 9.23. The highest BCUT2D eigenvalue weighted by Crippen LogP contribution is 2.27. The van der Waals surface area contributed by atoms with Gasteiger partial charge in [-0.05, 0) is 61.6 Å². The molecule has 6 heteroatoms. The molecule has 2 amide bonds. The summed E-state index contributed by atoms with van der Waals surface area (Å²) in [6.07, 6.45) is 2.30. The van der Waals surface area contributed by atoms with Gasteiger partial charge in [0.1, 0.15) is 5.69 Å². The van der Waals surface area contributed by atoms with E-state index in [1.807, 2.05) is 30.9 Å². The molecular weight excluding hydrogens is 370 g/mol. The maximum absolute atomic E-state index is 12.7. The summed E-state index contributed by atoms with van der Waals surface area (Å²) in [5.41, 5.74) is 2.71. The average molecular weight is 402 g/mol. The van der Waals surface area contributed by atoms with E-state index in [9.17, 15) is 9.59 Å². The molecule has 5 nitrogen and oxygen atoms in total. The molecule has 1 aliphatic heterocycles. The van der Waals surface area contributed by atoms with Gasteiger partial charge in [0.2, 0.25) is 5.91 Å². The van der Waals surface area contributed by atoms with Gasteiger partial charge in [0.25, 0.3) is 5.91 Å². The molecule has 0 radical (unpaired) electrons. The highest BCUT2D eigenvalue weighted by molar-refractivity contribution is 7.10. The zero-order chi connectivity index (χ0) is 20.3. The first-order valence-electron chi connectivity index (χ1n) is 10.1. The van der Waals surface area contributed by atoms with Gasteiger partial charge in [0.15, 0.2) is 0 Å². The van der Waals surface area contributed by atoms with Crippen LogP contribution in [0.1, 0.15) is 65.8 Å². The fourth-order valence-corrected chi connectivity index (χ4v) is 4.93. The van der Waals surface area contributed by atoms with E-state index in [-0.39, 0.29) is 17.9 Å². The zero-order valence-corrected chi connectivity index (χ0v) is 18.1. The summed E-state index contributed by atoms with van der Waals surface area (Å²) in [7, 11) is 0. The molecule has 3 rings (SSSR count). The van der Waals surface area contributed by atoms with E-state index in [1.54, 1.807) is 11.3 Å². The van der Waals surface area contributed by atoms with Crippen LogP contribution in [-0.4, -0.2) is 34.8 Å². The van der Waals surface area contributed by atoms with Crippen molar-refractivity contribution in [3.63, 3.8) is 0 Å². The van der Waals surface area contributed by atoms with Gasteiger partial charge in [0.05, 0.1) is 6.04 Å². The Morgan fingerprint density at radius 2 is 2.00 bits per heavy atom. The standard InChI is InChI=1S/C22H31N3O2S/c1-14(2)20(18-6-5-11-28-18)24-19(26)13-17-7-9-25(10-8-17)22(27)21-15(3)12-16(4)23-21/h5-6,11-12,14,17,20,23H,7-10,13H2,1-4H3,(H,24,26). The number of likely N-dealkylation sites (tertiary alicyclic amines) is 1. The summed E-state index contributed by atoms with van der Waals surface area (Å²) in [4.78, 5) is 31.6. The van der Waals surface area contributed by atoms with Crippen LogP contribution in [0.5, 0.6) is 0 Å². The lowest BCUT2D eigenvalue weighted by Crippen LogP contribution is -2.40. The number of carbonyl (C=O) groups is 2. The number of aromatic nitrogens is 1. The lowest BCUT2D eigenvalue weighted by molar-refractivity contribution is -0.123. The molecule has 152 valence electrons. The topological polar surface area (TPSA) is 65.2 Å². The van der Waals surface area contributed by atoms with Gasteiger partial charge < -0.3 is 15.2 Å². The van der Waals surface area contributed by atoms with E-state index in [0.717, 1.165) is 24.1 Å². The number of thiophene rings is 1. The Balaban J connectivity index is 1.50. The first kappa shape index (κ1) is 20.6. The van der Waals surface area contributed by atoms with E-state index in [4.69, 9.17) is 0 Å². The Bertz CT molecular complexity index is 802. The van der Waals surface area contributed by atoms with E-state index in [0.29, 0.717) is 37.0 Å². The molecule has 1 saturated heterocycles. The number of rotatable bonds is 6. The first-order valence-corrected chi connectivity index (χ1v) is 11.0. The Morgan fingerprint density at radius 3 is 2.54 bits per heavy atom. The highest BCUT2D eigenvalue weighted by atomic mass is 32.1. The molecular formula is C22H31N3O2S.